The van der Waals surface area contributed by atoms with E-state index in [0.29, 0.717) is 34.1 Å². The zero-order valence-corrected chi connectivity index (χ0v) is 11.8. The molecular weight excluding hydrogens is 288 g/mol. The van der Waals surface area contributed by atoms with Gasteiger partial charge in [0.05, 0.1) is 10.9 Å². The van der Waals surface area contributed by atoms with Gasteiger partial charge in [0.1, 0.15) is 18.2 Å². The SMILES string of the molecule is Nc1nc(N)c2c(OCc3ccccc3Cl)cccc2n1. The lowest BCUT2D eigenvalue weighted by Crippen LogP contribution is -2.03. The number of nitrogen functional groups attached to an aromatic ring is 2. The summed E-state index contributed by atoms with van der Waals surface area (Å²) in [4.78, 5) is 8.12. The number of benzene rings is 2. The van der Waals surface area contributed by atoms with Gasteiger partial charge in [-0.05, 0) is 18.2 Å². The molecule has 0 spiro atoms. The summed E-state index contributed by atoms with van der Waals surface area (Å²) in [7, 11) is 0. The monoisotopic (exact) mass is 300 g/mol. The number of aromatic nitrogens is 2. The van der Waals surface area contributed by atoms with Gasteiger partial charge in [0.2, 0.25) is 5.95 Å². The fourth-order valence-corrected chi connectivity index (χ4v) is 2.28. The van der Waals surface area contributed by atoms with E-state index in [9.17, 15) is 0 Å². The highest BCUT2D eigenvalue weighted by atomic mass is 35.5. The molecule has 3 aromatic rings. The molecule has 1 heterocycles. The zero-order valence-electron chi connectivity index (χ0n) is 11.1. The van der Waals surface area contributed by atoms with E-state index < -0.39 is 0 Å². The van der Waals surface area contributed by atoms with Gasteiger partial charge in [0.15, 0.2) is 0 Å². The molecule has 1 aromatic heterocycles. The molecule has 0 bridgehead atoms. The highest BCUT2D eigenvalue weighted by Gasteiger charge is 2.10. The van der Waals surface area contributed by atoms with E-state index in [-0.39, 0.29) is 5.95 Å². The second-order valence-electron chi connectivity index (χ2n) is 4.50. The van der Waals surface area contributed by atoms with Crippen molar-refractivity contribution in [3.63, 3.8) is 0 Å². The summed E-state index contributed by atoms with van der Waals surface area (Å²) in [6.45, 7) is 0.336. The molecule has 0 aliphatic carbocycles. The Labute approximate surface area is 126 Å². The molecular formula is C15H13ClN4O. The Balaban J connectivity index is 1.96. The number of halogens is 1. The number of hydrogen-bond acceptors (Lipinski definition) is 5. The Hall–Kier alpha value is -2.53. The first kappa shape index (κ1) is 13.5. The van der Waals surface area contributed by atoms with E-state index >= 15 is 0 Å². The van der Waals surface area contributed by atoms with Gasteiger partial charge < -0.3 is 16.2 Å². The summed E-state index contributed by atoms with van der Waals surface area (Å²) in [5, 5.41) is 1.31. The van der Waals surface area contributed by atoms with Crippen LogP contribution in [0.2, 0.25) is 5.02 Å². The van der Waals surface area contributed by atoms with Gasteiger partial charge in [-0.25, -0.2) is 4.98 Å². The number of nitrogens with two attached hydrogens (primary N) is 2. The first-order chi connectivity index (χ1) is 10.1. The minimum absolute atomic E-state index is 0.142. The maximum absolute atomic E-state index is 6.11. The molecule has 0 fully saturated rings. The first-order valence-electron chi connectivity index (χ1n) is 6.33. The maximum atomic E-state index is 6.11. The Morgan fingerprint density at radius 3 is 2.62 bits per heavy atom. The van der Waals surface area contributed by atoms with Crippen LogP contribution in [0.25, 0.3) is 10.9 Å². The minimum atomic E-state index is 0.142. The lowest BCUT2D eigenvalue weighted by atomic mass is 10.2. The molecule has 0 saturated carbocycles. The molecule has 6 heteroatoms. The van der Waals surface area contributed by atoms with Gasteiger partial charge in [0.25, 0.3) is 0 Å². The molecule has 4 N–H and O–H groups in total. The quantitative estimate of drug-likeness (QED) is 0.776. The molecule has 3 rings (SSSR count). The molecule has 5 nitrogen and oxygen atoms in total. The Morgan fingerprint density at radius 2 is 1.81 bits per heavy atom. The second-order valence-corrected chi connectivity index (χ2v) is 4.90. The van der Waals surface area contributed by atoms with Crippen molar-refractivity contribution in [3.05, 3.63) is 53.1 Å². The number of fused-ring (bicyclic) bond motifs is 1. The van der Waals surface area contributed by atoms with E-state index in [1.165, 1.54) is 0 Å². The van der Waals surface area contributed by atoms with Crippen molar-refractivity contribution in [3.8, 4) is 5.75 Å². The number of anilines is 2. The maximum Gasteiger partial charge on any atom is 0.222 e. The van der Waals surface area contributed by atoms with Crippen LogP contribution in [0.15, 0.2) is 42.5 Å². The molecule has 0 aliphatic rings. The van der Waals surface area contributed by atoms with E-state index in [1.807, 2.05) is 42.5 Å². The number of ether oxygens (including phenoxy) is 1. The summed E-state index contributed by atoms with van der Waals surface area (Å²) in [5.74, 6) is 1.04. The highest BCUT2D eigenvalue weighted by molar-refractivity contribution is 6.31. The average Bonchev–Trinajstić information content (AvgIpc) is 2.45. The van der Waals surface area contributed by atoms with Gasteiger partial charge in [0, 0.05) is 10.6 Å². The first-order valence-corrected chi connectivity index (χ1v) is 6.71. The lowest BCUT2D eigenvalue weighted by molar-refractivity contribution is 0.310. The summed E-state index contributed by atoms with van der Waals surface area (Å²) < 4.78 is 5.82. The van der Waals surface area contributed by atoms with Crippen LogP contribution in [0.5, 0.6) is 5.75 Å². The van der Waals surface area contributed by atoms with Crippen molar-refractivity contribution in [2.45, 2.75) is 6.61 Å². The summed E-state index contributed by atoms with van der Waals surface area (Å²) in [6, 6.07) is 13.0. The van der Waals surface area contributed by atoms with Crippen LogP contribution in [0.1, 0.15) is 5.56 Å². The van der Waals surface area contributed by atoms with Gasteiger partial charge in [-0.3, -0.25) is 0 Å². The van der Waals surface area contributed by atoms with E-state index in [1.54, 1.807) is 0 Å². The largest absolute Gasteiger partial charge is 0.488 e. The van der Waals surface area contributed by atoms with Gasteiger partial charge in [-0.15, -0.1) is 0 Å². The van der Waals surface area contributed by atoms with Crippen LogP contribution < -0.4 is 16.2 Å². The van der Waals surface area contributed by atoms with Crippen molar-refractivity contribution >= 4 is 34.3 Å². The van der Waals surface area contributed by atoms with Crippen molar-refractivity contribution in [1.82, 2.24) is 9.97 Å². The Kier molecular flexibility index (Phi) is 3.50. The van der Waals surface area contributed by atoms with Crippen molar-refractivity contribution in [1.29, 1.82) is 0 Å². The molecule has 0 radical (unpaired) electrons. The third-order valence-corrected chi connectivity index (χ3v) is 3.44. The smallest absolute Gasteiger partial charge is 0.222 e. The molecule has 0 atom stereocenters. The predicted molar refractivity (Wildman–Crippen MR) is 84.1 cm³/mol. The molecule has 0 unspecified atom stereocenters. The number of hydrogen-bond donors (Lipinski definition) is 2. The summed E-state index contributed by atoms with van der Waals surface area (Å²) in [6.07, 6.45) is 0. The van der Waals surface area contributed by atoms with Crippen LogP contribution in [-0.4, -0.2) is 9.97 Å². The predicted octanol–water partition coefficient (Wildman–Crippen LogP) is 3.03. The number of nitrogens with zero attached hydrogens (tertiary/aromatic N) is 2. The van der Waals surface area contributed by atoms with Crippen molar-refractivity contribution in [2.75, 3.05) is 11.5 Å². The van der Waals surface area contributed by atoms with Gasteiger partial charge >= 0.3 is 0 Å². The highest BCUT2D eigenvalue weighted by Crippen LogP contribution is 2.30. The molecule has 106 valence electrons. The lowest BCUT2D eigenvalue weighted by Gasteiger charge is -2.11. The normalized spacial score (nSPS) is 10.7. The third-order valence-electron chi connectivity index (χ3n) is 3.07. The third kappa shape index (κ3) is 2.68. The topological polar surface area (TPSA) is 87.0 Å². The van der Waals surface area contributed by atoms with Crippen LogP contribution in [0.4, 0.5) is 11.8 Å². The zero-order chi connectivity index (χ0) is 14.8. The van der Waals surface area contributed by atoms with Crippen molar-refractivity contribution < 1.29 is 4.74 Å². The molecule has 0 aliphatic heterocycles. The van der Waals surface area contributed by atoms with Crippen molar-refractivity contribution in [2.24, 2.45) is 0 Å². The van der Waals surface area contributed by atoms with Gasteiger partial charge in [-0.2, -0.15) is 4.98 Å². The minimum Gasteiger partial charge on any atom is -0.488 e. The second kappa shape index (κ2) is 5.46. The van der Waals surface area contributed by atoms with Gasteiger partial charge in [-0.1, -0.05) is 35.9 Å². The van der Waals surface area contributed by atoms with E-state index in [0.717, 1.165) is 5.56 Å². The fraction of sp³-hybridized carbons (Fsp3) is 0.0667. The summed E-state index contributed by atoms with van der Waals surface area (Å²) >= 11 is 6.11. The Bertz CT molecular complexity index is 807. The molecule has 0 amide bonds. The molecule has 21 heavy (non-hydrogen) atoms. The van der Waals surface area contributed by atoms with Crippen LogP contribution in [0.3, 0.4) is 0 Å². The summed E-state index contributed by atoms with van der Waals surface area (Å²) in [5.41, 5.74) is 13.1. The molecule has 2 aromatic carbocycles. The average molecular weight is 301 g/mol. The number of rotatable bonds is 3. The van der Waals surface area contributed by atoms with E-state index in [2.05, 4.69) is 9.97 Å². The van der Waals surface area contributed by atoms with Crippen LogP contribution in [-0.2, 0) is 6.61 Å². The Morgan fingerprint density at radius 1 is 1.00 bits per heavy atom. The fourth-order valence-electron chi connectivity index (χ4n) is 2.09. The van der Waals surface area contributed by atoms with Crippen LogP contribution in [0, 0.1) is 0 Å². The standard InChI is InChI=1S/C15H13ClN4O/c16-10-5-2-1-4-9(10)8-21-12-7-3-6-11-13(12)14(17)20-15(18)19-11/h1-7H,8H2,(H4,17,18,19,20). The van der Waals surface area contributed by atoms with Crippen LogP contribution >= 0.6 is 11.6 Å². The van der Waals surface area contributed by atoms with E-state index in [4.69, 9.17) is 27.8 Å². The molecule has 0 saturated heterocycles.